The number of hydrogen-bond donors (Lipinski definition) is 2. The minimum Gasteiger partial charge on any atom is -0.486 e. The largest absolute Gasteiger partial charge is 0.486 e. The van der Waals surface area contributed by atoms with E-state index in [9.17, 15) is 13.2 Å². The van der Waals surface area contributed by atoms with Crippen LogP contribution in [0.15, 0.2) is 47.4 Å². The molecule has 0 aliphatic carbocycles. The second kappa shape index (κ2) is 6.50. The number of benzene rings is 2. The molecule has 0 fully saturated rings. The Morgan fingerprint density at radius 3 is 2.58 bits per heavy atom. The molecule has 2 aromatic rings. The molecule has 1 aliphatic rings. The van der Waals surface area contributed by atoms with Gasteiger partial charge in [0, 0.05) is 6.54 Å². The molecule has 0 spiro atoms. The van der Waals surface area contributed by atoms with Gasteiger partial charge in [0.15, 0.2) is 11.5 Å². The number of hydrogen-bond acceptors (Lipinski definition) is 5. The van der Waals surface area contributed by atoms with Crippen molar-refractivity contribution in [3.63, 3.8) is 0 Å². The van der Waals surface area contributed by atoms with Crippen LogP contribution in [0.2, 0.25) is 0 Å². The second-order valence-corrected chi connectivity index (χ2v) is 6.90. The lowest BCUT2D eigenvalue weighted by molar-refractivity contribution is 0.0696. The first-order chi connectivity index (χ1) is 11.5. The fourth-order valence-corrected chi connectivity index (χ4v) is 3.32. The molecule has 24 heavy (non-hydrogen) atoms. The van der Waals surface area contributed by atoms with Crippen molar-refractivity contribution >= 4 is 16.0 Å². The average molecular weight is 349 g/mol. The molecule has 0 unspecified atom stereocenters. The summed E-state index contributed by atoms with van der Waals surface area (Å²) in [6.45, 7) is 0.985. The third kappa shape index (κ3) is 3.50. The highest BCUT2D eigenvalue weighted by Gasteiger charge is 2.17. The molecule has 7 nitrogen and oxygen atoms in total. The molecule has 0 amide bonds. The van der Waals surface area contributed by atoms with E-state index in [1.165, 1.54) is 18.2 Å². The Balaban J connectivity index is 1.76. The van der Waals surface area contributed by atoms with Crippen LogP contribution in [0.1, 0.15) is 15.9 Å². The van der Waals surface area contributed by atoms with E-state index >= 15 is 0 Å². The van der Waals surface area contributed by atoms with E-state index in [1.54, 1.807) is 18.2 Å². The molecular weight excluding hydrogens is 334 g/mol. The zero-order valence-corrected chi connectivity index (χ0v) is 13.4. The molecule has 0 saturated heterocycles. The van der Waals surface area contributed by atoms with Gasteiger partial charge in [-0.2, -0.15) is 0 Å². The van der Waals surface area contributed by atoms with Gasteiger partial charge in [0.2, 0.25) is 10.0 Å². The quantitative estimate of drug-likeness (QED) is 0.851. The SMILES string of the molecule is O=C(O)c1cccc(S(=O)(=O)NCc2ccc3c(c2)OCCO3)c1. The maximum atomic E-state index is 12.3. The van der Waals surface area contributed by atoms with Gasteiger partial charge >= 0.3 is 5.97 Å². The lowest BCUT2D eigenvalue weighted by Gasteiger charge is -2.19. The maximum Gasteiger partial charge on any atom is 0.335 e. The van der Waals surface area contributed by atoms with E-state index in [0.29, 0.717) is 30.3 Å². The number of nitrogens with one attached hydrogen (secondary N) is 1. The van der Waals surface area contributed by atoms with Crippen molar-refractivity contribution in [2.45, 2.75) is 11.4 Å². The van der Waals surface area contributed by atoms with Crippen LogP contribution < -0.4 is 14.2 Å². The fourth-order valence-electron chi connectivity index (χ4n) is 2.26. The van der Waals surface area contributed by atoms with Gasteiger partial charge in [-0.3, -0.25) is 0 Å². The van der Waals surface area contributed by atoms with Gasteiger partial charge in [-0.15, -0.1) is 0 Å². The monoisotopic (exact) mass is 349 g/mol. The van der Waals surface area contributed by atoms with Gasteiger partial charge in [0.25, 0.3) is 0 Å². The van der Waals surface area contributed by atoms with Crippen molar-refractivity contribution in [3.8, 4) is 11.5 Å². The summed E-state index contributed by atoms with van der Waals surface area (Å²) < 4.78 is 37.9. The molecule has 1 aliphatic heterocycles. The number of aromatic carboxylic acids is 1. The number of carboxylic acid groups (broad SMARTS) is 1. The molecule has 3 rings (SSSR count). The van der Waals surface area contributed by atoms with Gasteiger partial charge in [-0.25, -0.2) is 17.9 Å². The first kappa shape index (κ1) is 16.3. The lowest BCUT2D eigenvalue weighted by Crippen LogP contribution is -2.23. The van der Waals surface area contributed by atoms with Crippen LogP contribution in [-0.4, -0.2) is 32.7 Å². The highest BCUT2D eigenvalue weighted by Crippen LogP contribution is 2.30. The Morgan fingerprint density at radius 2 is 1.83 bits per heavy atom. The van der Waals surface area contributed by atoms with Crippen LogP contribution >= 0.6 is 0 Å². The van der Waals surface area contributed by atoms with E-state index < -0.39 is 16.0 Å². The Morgan fingerprint density at radius 1 is 1.08 bits per heavy atom. The molecule has 2 aromatic carbocycles. The van der Waals surface area contributed by atoms with E-state index in [1.807, 2.05) is 0 Å². The Bertz CT molecular complexity index is 878. The van der Waals surface area contributed by atoms with E-state index in [-0.39, 0.29) is 17.0 Å². The number of rotatable bonds is 5. The maximum absolute atomic E-state index is 12.3. The minimum absolute atomic E-state index is 0.0519. The number of carbonyl (C=O) groups is 1. The summed E-state index contributed by atoms with van der Waals surface area (Å²) in [6, 6.07) is 10.4. The van der Waals surface area contributed by atoms with Crippen LogP contribution in [0.3, 0.4) is 0 Å². The summed E-state index contributed by atoms with van der Waals surface area (Å²) in [4.78, 5) is 10.9. The van der Waals surface area contributed by atoms with Crippen LogP contribution in [0.5, 0.6) is 11.5 Å². The van der Waals surface area contributed by atoms with E-state index in [0.717, 1.165) is 6.07 Å². The molecule has 8 heteroatoms. The second-order valence-electron chi connectivity index (χ2n) is 5.14. The number of carboxylic acids is 1. The summed E-state index contributed by atoms with van der Waals surface area (Å²) in [5, 5.41) is 8.95. The Labute approximate surface area is 138 Å². The summed E-state index contributed by atoms with van der Waals surface area (Å²) in [6.07, 6.45) is 0. The smallest absolute Gasteiger partial charge is 0.335 e. The van der Waals surface area contributed by atoms with E-state index in [2.05, 4.69) is 4.72 Å². The summed E-state index contributed by atoms with van der Waals surface area (Å²) >= 11 is 0. The van der Waals surface area contributed by atoms with Gasteiger partial charge in [-0.05, 0) is 35.9 Å². The van der Waals surface area contributed by atoms with Crippen molar-refractivity contribution in [3.05, 3.63) is 53.6 Å². The van der Waals surface area contributed by atoms with Crippen molar-refractivity contribution in [1.29, 1.82) is 0 Å². The summed E-state index contributed by atoms with van der Waals surface area (Å²) in [5.41, 5.74) is 0.620. The molecule has 0 atom stereocenters. The molecular formula is C16H15NO6S. The molecule has 0 aromatic heterocycles. The Kier molecular flexibility index (Phi) is 4.41. The average Bonchev–Trinajstić information content (AvgIpc) is 2.60. The lowest BCUT2D eigenvalue weighted by atomic mass is 10.2. The first-order valence-corrected chi connectivity index (χ1v) is 8.65. The zero-order chi connectivity index (χ0) is 17.2. The summed E-state index contributed by atoms with van der Waals surface area (Å²) in [7, 11) is -3.82. The number of ether oxygens (including phenoxy) is 2. The standard InChI is InChI=1S/C16H15NO6S/c18-16(19)12-2-1-3-13(9-12)24(20,21)17-10-11-4-5-14-15(8-11)23-7-6-22-14/h1-5,8-9,17H,6-7,10H2,(H,18,19). The fraction of sp³-hybridized carbons (Fsp3) is 0.188. The van der Waals surface area contributed by atoms with Crippen LogP contribution in [-0.2, 0) is 16.6 Å². The molecule has 2 N–H and O–H groups in total. The number of sulfonamides is 1. The van der Waals surface area contributed by atoms with Gasteiger partial charge in [0.1, 0.15) is 13.2 Å². The first-order valence-electron chi connectivity index (χ1n) is 7.17. The van der Waals surface area contributed by atoms with Crippen LogP contribution in [0.4, 0.5) is 0 Å². The van der Waals surface area contributed by atoms with Crippen molar-refractivity contribution in [2.75, 3.05) is 13.2 Å². The topological polar surface area (TPSA) is 102 Å². The predicted molar refractivity (Wildman–Crippen MR) is 84.9 cm³/mol. The third-order valence-electron chi connectivity index (χ3n) is 3.46. The molecule has 0 radical (unpaired) electrons. The Hall–Kier alpha value is -2.58. The molecule has 0 saturated carbocycles. The van der Waals surface area contributed by atoms with Gasteiger partial charge < -0.3 is 14.6 Å². The van der Waals surface area contributed by atoms with Crippen LogP contribution in [0, 0.1) is 0 Å². The normalized spacial score (nSPS) is 13.5. The molecule has 126 valence electrons. The highest BCUT2D eigenvalue weighted by molar-refractivity contribution is 7.89. The van der Waals surface area contributed by atoms with Crippen molar-refractivity contribution in [2.24, 2.45) is 0 Å². The summed E-state index contributed by atoms with van der Waals surface area (Å²) in [5.74, 6) is 0.0201. The van der Waals surface area contributed by atoms with Gasteiger partial charge in [0.05, 0.1) is 10.5 Å². The van der Waals surface area contributed by atoms with Crippen LogP contribution in [0.25, 0.3) is 0 Å². The minimum atomic E-state index is -3.82. The van der Waals surface area contributed by atoms with Crippen molar-refractivity contribution in [1.82, 2.24) is 4.72 Å². The third-order valence-corrected chi connectivity index (χ3v) is 4.86. The molecule has 0 bridgehead atoms. The zero-order valence-electron chi connectivity index (χ0n) is 12.6. The predicted octanol–water partition coefficient (Wildman–Crippen LogP) is 1.63. The van der Waals surface area contributed by atoms with Gasteiger partial charge in [-0.1, -0.05) is 12.1 Å². The number of fused-ring (bicyclic) bond motifs is 1. The molecule has 1 heterocycles. The van der Waals surface area contributed by atoms with Crippen molar-refractivity contribution < 1.29 is 27.8 Å². The van der Waals surface area contributed by atoms with E-state index in [4.69, 9.17) is 14.6 Å². The highest BCUT2D eigenvalue weighted by atomic mass is 32.2.